The van der Waals surface area contributed by atoms with E-state index in [0.717, 1.165) is 5.69 Å². The number of carbonyl (C=O) groups is 2. The summed E-state index contributed by atoms with van der Waals surface area (Å²) in [4.78, 5) is 25.2. The summed E-state index contributed by atoms with van der Waals surface area (Å²) < 4.78 is 4.59. The minimum Gasteiger partial charge on any atom is -0.464 e. The van der Waals surface area contributed by atoms with Crippen LogP contribution in [-0.4, -0.2) is 30.5 Å². The van der Waals surface area contributed by atoms with Crippen molar-refractivity contribution in [1.82, 2.24) is 10.3 Å². The van der Waals surface area contributed by atoms with E-state index < -0.39 is 11.4 Å². The SMILES string of the molecule is COC(=O)c1ccc(CNCC(C)(C)C(N)=O)[nH]1. The molecule has 0 aromatic carbocycles. The van der Waals surface area contributed by atoms with Gasteiger partial charge in [0, 0.05) is 18.8 Å². The van der Waals surface area contributed by atoms with E-state index in [4.69, 9.17) is 5.73 Å². The van der Waals surface area contributed by atoms with Crippen molar-refractivity contribution in [3.05, 3.63) is 23.5 Å². The van der Waals surface area contributed by atoms with Crippen LogP contribution in [-0.2, 0) is 16.1 Å². The highest BCUT2D eigenvalue weighted by Gasteiger charge is 2.24. The van der Waals surface area contributed by atoms with Gasteiger partial charge >= 0.3 is 5.97 Å². The number of H-pyrrole nitrogens is 1. The average molecular weight is 253 g/mol. The minimum absolute atomic E-state index is 0.350. The molecule has 0 fully saturated rings. The van der Waals surface area contributed by atoms with Gasteiger partial charge in [0.05, 0.1) is 12.5 Å². The van der Waals surface area contributed by atoms with Crippen LogP contribution in [0, 0.1) is 5.41 Å². The Labute approximate surface area is 106 Å². The number of nitrogens with two attached hydrogens (primary N) is 1. The number of esters is 1. The van der Waals surface area contributed by atoms with Crippen molar-refractivity contribution < 1.29 is 14.3 Å². The maximum atomic E-state index is 11.2. The molecule has 0 unspecified atom stereocenters. The molecule has 1 aromatic heterocycles. The van der Waals surface area contributed by atoms with Gasteiger partial charge in [-0.1, -0.05) is 0 Å². The lowest BCUT2D eigenvalue weighted by Gasteiger charge is -2.20. The van der Waals surface area contributed by atoms with Crippen LogP contribution in [0.25, 0.3) is 0 Å². The fourth-order valence-electron chi connectivity index (χ4n) is 1.37. The third kappa shape index (κ3) is 3.59. The summed E-state index contributed by atoms with van der Waals surface area (Å²) >= 11 is 0. The predicted molar refractivity (Wildman–Crippen MR) is 66.8 cm³/mol. The smallest absolute Gasteiger partial charge is 0.354 e. The predicted octanol–water partition coefficient (Wildman–Crippen LogP) is 0.402. The molecule has 0 saturated heterocycles. The lowest BCUT2D eigenvalue weighted by Crippen LogP contribution is -2.40. The molecule has 0 radical (unpaired) electrons. The normalized spacial score (nSPS) is 11.3. The fourth-order valence-corrected chi connectivity index (χ4v) is 1.37. The van der Waals surface area contributed by atoms with Crippen molar-refractivity contribution in [3.63, 3.8) is 0 Å². The van der Waals surface area contributed by atoms with Crippen molar-refractivity contribution >= 4 is 11.9 Å². The van der Waals surface area contributed by atoms with Crippen LogP contribution in [0.15, 0.2) is 12.1 Å². The molecule has 1 rings (SSSR count). The monoisotopic (exact) mass is 253 g/mol. The minimum atomic E-state index is -0.599. The van der Waals surface area contributed by atoms with E-state index in [2.05, 4.69) is 15.0 Å². The Kier molecular flexibility index (Phi) is 4.49. The van der Waals surface area contributed by atoms with E-state index in [9.17, 15) is 9.59 Å². The molecule has 6 nitrogen and oxygen atoms in total. The molecule has 1 aromatic rings. The van der Waals surface area contributed by atoms with Crippen LogP contribution in [0.4, 0.5) is 0 Å². The molecule has 0 atom stereocenters. The molecule has 1 heterocycles. The highest BCUT2D eigenvalue weighted by atomic mass is 16.5. The zero-order chi connectivity index (χ0) is 13.8. The maximum absolute atomic E-state index is 11.2. The van der Waals surface area contributed by atoms with Crippen LogP contribution < -0.4 is 11.1 Å². The van der Waals surface area contributed by atoms with Crippen molar-refractivity contribution in [3.8, 4) is 0 Å². The Morgan fingerprint density at radius 1 is 1.44 bits per heavy atom. The lowest BCUT2D eigenvalue weighted by atomic mass is 9.93. The average Bonchev–Trinajstić information content (AvgIpc) is 2.76. The first-order chi connectivity index (χ1) is 8.36. The lowest BCUT2D eigenvalue weighted by molar-refractivity contribution is -0.125. The maximum Gasteiger partial charge on any atom is 0.354 e. The summed E-state index contributed by atoms with van der Waals surface area (Å²) in [6, 6.07) is 3.44. The number of aromatic amines is 1. The van der Waals surface area contributed by atoms with E-state index in [0.29, 0.717) is 18.8 Å². The third-order valence-corrected chi connectivity index (χ3v) is 2.70. The summed E-state index contributed by atoms with van der Waals surface area (Å²) in [6.07, 6.45) is 0. The van der Waals surface area contributed by atoms with Gasteiger partial charge in [-0.15, -0.1) is 0 Å². The van der Waals surface area contributed by atoms with Gasteiger partial charge in [0.2, 0.25) is 5.91 Å². The van der Waals surface area contributed by atoms with Crippen molar-refractivity contribution in [1.29, 1.82) is 0 Å². The first-order valence-corrected chi connectivity index (χ1v) is 5.63. The van der Waals surface area contributed by atoms with E-state index >= 15 is 0 Å². The Morgan fingerprint density at radius 2 is 2.11 bits per heavy atom. The number of primary amides is 1. The highest BCUT2D eigenvalue weighted by Crippen LogP contribution is 2.12. The second-order valence-electron chi connectivity index (χ2n) is 4.74. The Bertz CT molecular complexity index is 438. The molecule has 0 bridgehead atoms. The van der Waals surface area contributed by atoms with Crippen LogP contribution in [0.1, 0.15) is 30.0 Å². The largest absolute Gasteiger partial charge is 0.464 e. The standard InChI is InChI=1S/C12H19N3O3/c1-12(2,11(13)17)7-14-6-8-4-5-9(15-8)10(16)18-3/h4-5,14-15H,6-7H2,1-3H3,(H2,13,17). The molecule has 18 heavy (non-hydrogen) atoms. The third-order valence-electron chi connectivity index (χ3n) is 2.70. The van der Waals surface area contributed by atoms with Gasteiger partial charge < -0.3 is 20.8 Å². The van der Waals surface area contributed by atoms with Gasteiger partial charge in [0.1, 0.15) is 5.69 Å². The molecule has 0 spiro atoms. The summed E-state index contributed by atoms with van der Waals surface area (Å²) in [7, 11) is 1.33. The summed E-state index contributed by atoms with van der Waals surface area (Å²) in [5, 5.41) is 3.11. The molecule has 4 N–H and O–H groups in total. The number of rotatable bonds is 6. The molecule has 0 aliphatic carbocycles. The molecule has 0 aliphatic heterocycles. The number of amides is 1. The number of aromatic nitrogens is 1. The molecule has 0 aliphatic rings. The zero-order valence-electron chi connectivity index (χ0n) is 10.9. The molecular formula is C12H19N3O3. The van der Waals surface area contributed by atoms with Crippen LogP contribution in [0.5, 0.6) is 0 Å². The van der Waals surface area contributed by atoms with Gasteiger partial charge in [-0.3, -0.25) is 4.79 Å². The molecular weight excluding hydrogens is 234 g/mol. The molecule has 0 saturated carbocycles. The molecule has 100 valence electrons. The Morgan fingerprint density at radius 3 is 2.67 bits per heavy atom. The van der Waals surface area contributed by atoms with Crippen LogP contribution in [0.2, 0.25) is 0 Å². The highest BCUT2D eigenvalue weighted by molar-refractivity contribution is 5.87. The van der Waals surface area contributed by atoms with Gasteiger partial charge in [-0.05, 0) is 26.0 Å². The molecule has 6 heteroatoms. The second-order valence-corrected chi connectivity index (χ2v) is 4.74. The summed E-state index contributed by atoms with van der Waals surface area (Å²) in [5.41, 5.74) is 5.91. The number of ether oxygens (including phenoxy) is 1. The van der Waals surface area contributed by atoms with E-state index in [1.54, 1.807) is 26.0 Å². The zero-order valence-corrected chi connectivity index (χ0v) is 10.9. The summed E-state index contributed by atoms with van der Waals surface area (Å²) in [6.45, 7) is 4.54. The van der Waals surface area contributed by atoms with Crippen molar-refractivity contribution in [2.24, 2.45) is 11.1 Å². The van der Waals surface area contributed by atoms with E-state index in [-0.39, 0.29) is 5.91 Å². The summed E-state index contributed by atoms with van der Waals surface area (Å²) in [5.74, 6) is -0.754. The number of nitrogens with one attached hydrogen (secondary N) is 2. The van der Waals surface area contributed by atoms with Gasteiger partial charge in [-0.2, -0.15) is 0 Å². The first kappa shape index (κ1) is 14.2. The van der Waals surface area contributed by atoms with Gasteiger partial charge in [0.15, 0.2) is 0 Å². The second kappa shape index (κ2) is 5.68. The fraction of sp³-hybridized carbons (Fsp3) is 0.500. The van der Waals surface area contributed by atoms with E-state index in [1.165, 1.54) is 7.11 Å². The quantitative estimate of drug-likeness (QED) is 0.639. The number of hydrogen-bond acceptors (Lipinski definition) is 4. The van der Waals surface area contributed by atoms with Crippen LogP contribution >= 0.6 is 0 Å². The van der Waals surface area contributed by atoms with Crippen molar-refractivity contribution in [2.45, 2.75) is 20.4 Å². The van der Waals surface area contributed by atoms with Crippen molar-refractivity contribution in [2.75, 3.05) is 13.7 Å². The number of methoxy groups -OCH3 is 1. The Hall–Kier alpha value is -1.82. The number of carbonyl (C=O) groups excluding carboxylic acids is 2. The Balaban J connectivity index is 2.47. The van der Waals surface area contributed by atoms with Crippen LogP contribution in [0.3, 0.4) is 0 Å². The van der Waals surface area contributed by atoms with E-state index in [1.807, 2.05) is 0 Å². The topological polar surface area (TPSA) is 97.2 Å². The molecule has 1 amide bonds. The number of hydrogen-bond donors (Lipinski definition) is 3. The van der Waals surface area contributed by atoms with Gasteiger partial charge in [-0.25, -0.2) is 4.79 Å². The van der Waals surface area contributed by atoms with Gasteiger partial charge in [0.25, 0.3) is 0 Å². The first-order valence-electron chi connectivity index (χ1n) is 5.63.